The lowest BCUT2D eigenvalue weighted by Crippen LogP contribution is -2.48. The van der Waals surface area contributed by atoms with Crippen LogP contribution in [-0.2, 0) is 21.7 Å². The quantitative estimate of drug-likeness (QED) is 0.213. The SMILES string of the molecule is CC(C)=CCC/C(C)=C/CN1C(=O)[C@](O)([C@H](C)/C=C/CCn2cc(C(CO)c3ccccc3)nn2)c2cc(N3CCNCC3=O)ccc21. The Labute approximate surface area is 283 Å². The number of carbonyl (C=O) groups excluding carboxylic acids is 2. The summed E-state index contributed by atoms with van der Waals surface area (Å²) in [5.41, 5.74) is 4.19. The zero-order valence-corrected chi connectivity index (χ0v) is 28.5. The highest BCUT2D eigenvalue weighted by Crippen LogP contribution is 2.46. The Morgan fingerprint density at radius 2 is 1.88 bits per heavy atom. The number of carbonyl (C=O) groups is 2. The molecule has 10 nitrogen and oxygen atoms in total. The molecule has 2 amide bonds. The van der Waals surface area contributed by atoms with Gasteiger partial charge in [0.2, 0.25) is 5.91 Å². The first-order chi connectivity index (χ1) is 23.1. The van der Waals surface area contributed by atoms with Crippen molar-refractivity contribution in [1.29, 1.82) is 0 Å². The number of nitrogens with zero attached hydrogens (tertiary/aromatic N) is 5. The summed E-state index contributed by atoms with van der Waals surface area (Å²) in [6, 6.07) is 15.3. The predicted octanol–water partition coefficient (Wildman–Crippen LogP) is 4.85. The molecule has 1 saturated heterocycles. The van der Waals surface area contributed by atoms with Gasteiger partial charge in [-0.15, -0.1) is 5.10 Å². The third-order valence-corrected chi connectivity index (χ3v) is 9.27. The average molecular weight is 653 g/mol. The maximum absolute atomic E-state index is 14.1. The fourth-order valence-corrected chi connectivity index (χ4v) is 6.39. The van der Waals surface area contributed by atoms with Crippen LogP contribution >= 0.6 is 0 Å². The van der Waals surface area contributed by atoms with E-state index in [9.17, 15) is 19.8 Å². The fraction of sp³-hybridized carbons (Fsp3) is 0.421. The second-order valence-electron chi connectivity index (χ2n) is 13.0. The van der Waals surface area contributed by atoms with Gasteiger partial charge in [-0.05, 0) is 63.8 Å². The molecule has 2 aliphatic rings. The molecule has 0 saturated carbocycles. The van der Waals surface area contributed by atoms with Crippen LogP contribution in [-0.4, -0.2) is 69.8 Å². The van der Waals surface area contributed by atoms with Crippen molar-refractivity contribution in [1.82, 2.24) is 20.3 Å². The van der Waals surface area contributed by atoms with Gasteiger partial charge < -0.3 is 25.3 Å². The van der Waals surface area contributed by atoms with Crippen molar-refractivity contribution >= 4 is 23.2 Å². The van der Waals surface area contributed by atoms with Gasteiger partial charge in [0.1, 0.15) is 0 Å². The molecule has 0 aliphatic carbocycles. The first-order valence-corrected chi connectivity index (χ1v) is 16.8. The third kappa shape index (κ3) is 7.67. The number of aliphatic hydroxyl groups is 2. The number of aliphatic hydroxyl groups excluding tert-OH is 1. The van der Waals surface area contributed by atoms with Crippen LogP contribution in [0.1, 0.15) is 69.7 Å². The van der Waals surface area contributed by atoms with E-state index in [-0.39, 0.29) is 30.9 Å². The molecular formula is C38H48N6O4. The number of benzene rings is 2. The van der Waals surface area contributed by atoms with Gasteiger partial charge in [0.25, 0.3) is 5.91 Å². The van der Waals surface area contributed by atoms with E-state index in [0.29, 0.717) is 55.2 Å². The van der Waals surface area contributed by atoms with Gasteiger partial charge in [0.15, 0.2) is 5.60 Å². The number of aryl methyl sites for hydroxylation is 1. The van der Waals surface area contributed by atoms with Crippen molar-refractivity contribution in [2.75, 3.05) is 42.6 Å². The summed E-state index contributed by atoms with van der Waals surface area (Å²) in [7, 11) is 0. The van der Waals surface area contributed by atoms with Crippen LogP contribution in [0.2, 0.25) is 0 Å². The topological polar surface area (TPSA) is 124 Å². The van der Waals surface area contributed by atoms with Gasteiger partial charge in [0.05, 0.1) is 30.5 Å². The molecule has 2 aromatic carbocycles. The van der Waals surface area contributed by atoms with Gasteiger partial charge in [-0.1, -0.05) is 77.9 Å². The third-order valence-electron chi connectivity index (χ3n) is 9.27. The maximum Gasteiger partial charge on any atom is 0.264 e. The summed E-state index contributed by atoms with van der Waals surface area (Å²) in [6.07, 6.45) is 12.4. The second-order valence-corrected chi connectivity index (χ2v) is 13.0. The number of hydrogen-bond acceptors (Lipinski definition) is 7. The minimum absolute atomic E-state index is 0.0425. The molecule has 1 unspecified atom stereocenters. The van der Waals surface area contributed by atoms with E-state index >= 15 is 0 Å². The van der Waals surface area contributed by atoms with E-state index in [0.717, 1.165) is 18.4 Å². The van der Waals surface area contributed by atoms with Crippen LogP contribution in [0.15, 0.2) is 90.2 Å². The summed E-state index contributed by atoms with van der Waals surface area (Å²) in [5, 5.41) is 33.9. The maximum atomic E-state index is 14.1. The Hall–Kier alpha value is -4.38. The Kier molecular flexibility index (Phi) is 11.4. The molecule has 3 heterocycles. The molecule has 48 heavy (non-hydrogen) atoms. The zero-order chi connectivity index (χ0) is 34.3. The van der Waals surface area contributed by atoms with E-state index < -0.39 is 11.5 Å². The van der Waals surface area contributed by atoms with Gasteiger partial charge >= 0.3 is 0 Å². The highest BCUT2D eigenvalue weighted by Gasteiger charge is 2.52. The van der Waals surface area contributed by atoms with Gasteiger partial charge in [-0.25, -0.2) is 0 Å². The summed E-state index contributed by atoms with van der Waals surface area (Å²) in [5.74, 6) is -1.21. The molecule has 0 bridgehead atoms. The van der Waals surface area contributed by atoms with Crippen LogP contribution in [0.5, 0.6) is 0 Å². The molecule has 2 aliphatic heterocycles. The van der Waals surface area contributed by atoms with Crippen LogP contribution < -0.4 is 15.1 Å². The van der Waals surface area contributed by atoms with Crippen molar-refractivity contribution in [3.05, 3.63) is 107 Å². The molecule has 0 spiro atoms. The van der Waals surface area contributed by atoms with Gasteiger partial charge in [-0.3, -0.25) is 14.3 Å². The lowest BCUT2D eigenvalue weighted by atomic mass is 9.82. The highest BCUT2D eigenvalue weighted by atomic mass is 16.3. The number of rotatable bonds is 14. The number of anilines is 2. The number of nitrogens with one attached hydrogen (secondary N) is 1. The summed E-state index contributed by atoms with van der Waals surface area (Å²) in [4.78, 5) is 30.2. The molecule has 1 fully saturated rings. The number of amides is 2. The first kappa shape index (κ1) is 34.9. The molecule has 3 aromatic rings. The lowest BCUT2D eigenvalue weighted by Gasteiger charge is -2.30. The van der Waals surface area contributed by atoms with E-state index in [4.69, 9.17) is 0 Å². The largest absolute Gasteiger partial charge is 0.395 e. The molecule has 3 atom stereocenters. The summed E-state index contributed by atoms with van der Waals surface area (Å²) < 4.78 is 1.74. The lowest BCUT2D eigenvalue weighted by molar-refractivity contribution is -0.139. The molecule has 0 radical (unpaired) electrons. The standard InChI is InChI=1S/C38H48N6O4/c1-27(2)11-10-12-28(3)18-21-44-35-17-16-31(43-22-19-39-24-36(43)46)23-33(35)38(48,37(44)47)29(4)13-8-9-20-42-25-34(40-41-42)32(26-45)30-14-6-5-7-15-30/h5-8,11,13-18,23,25,29,32,39,45,48H,9-10,12,19-22,24,26H2,1-4H3/b13-8+,28-18+/t29-,32?,38+/m1/s1. The fourth-order valence-electron chi connectivity index (χ4n) is 6.39. The molecule has 1 aromatic heterocycles. The Bertz CT molecular complexity index is 1670. The number of allylic oxidation sites excluding steroid dienone is 4. The monoisotopic (exact) mass is 652 g/mol. The van der Waals surface area contributed by atoms with Crippen LogP contribution in [0.25, 0.3) is 0 Å². The van der Waals surface area contributed by atoms with Crippen LogP contribution in [0.3, 0.4) is 0 Å². The Morgan fingerprint density at radius 3 is 2.60 bits per heavy atom. The highest BCUT2D eigenvalue weighted by molar-refractivity contribution is 6.08. The van der Waals surface area contributed by atoms with Crippen molar-refractivity contribution in [2.45, 2.75) is 65.0 Å². The van der Waals surface area contributed by atoms with Crippen LogP contribution in [0.4, 0.5) is 11.4 Å². The number of piperazine rings is 1. The van der Waals surface area contributed by atoms with Crippen molar-refractivity contribution < 1.29 is 19.8 Å². The van der Waals surface area contributed by atoms with Crippen molar-refractivity contribution in [2.24, 2.45) is 5.92 Å². The van der Waals surface area contributed by atoms with E-state index in [2.05, 4.69) is 48.6 Å². The zero-order valence-electron chi connectivity index (χ0n) is 28.5. The Morgan fingerprint density at radius 1 is 1.08 bits per heavy atom. The second kappa shape index (κ2) is 15.7. The van der Waals surface area contributed by atoms with Crippen molar-refractivity contribution in [3.63, 3.8) is 0 Å². The summed E-state index contributed by atoms with van der Waals surface area (Å²) in [6.45, 7) is 10.4. The smallest absolute Gasteiger partial charge is 0.264 e. The number of aromatic nitrogens is 3. The number of fused-ring (bicyclic) bond motifs is 1. The minimum atomic E-state index is -1.80. The molecule has 254 valence electrons. The molecule has 5 rings (SSSR count). The van der Waals surface area contributed by atoms with E-state index in [1.54, 1.807) is 14.5 Å². The average Bonchev–Trinajstić information content (AvgIpc) is 3.63. The van der Waals surface area contributed by atoms with E-state index in [1.165, 1.54) is 11.1 Å². The minimum Gasteiger partial charge on any atom is -0.395 e. The molecule has 3 N–H and O–H groups in total. The van der Waals surface area contributed by atoms with E-state index in [1.807, 2.05) is 73.8 Å². The Balaban J connectivity index is 1.33. The van der Waals surface area contributed by atoms with Gasteiger partial charge in [0, 0.05) is 49.5 Å². The van der Waals surface area contributed by atoms with Crippen molar-refractivity contribution in [3.8, 4) is 0 Å². The van der Waals surface area contributed by atoms with Crippen LogP contribution in [0, 0.1) is 5.92 Å². The van der Waals surface area contributed by atoms with Gasteiger partial charge in [-0.2, -0.15) is 0 Å². The number of hydrogen-bond donors (Lipinski definition) is 3. The molecular weight excluding hydrogens is 604 g/mol. The summed E-state index contributed by atoms with van der Waals surface area (Å²) >= 11 is 0. The first-order valence-electron chi connectivity index (χ1n) is 16.8. The molecule has 10 heteroatoms. The predicted molar refractivity (Wildman–Crippen MR) is 189 cm³/mol. The normalized spacial score (nSPS) is 19.6.